The van der Waals surface area contributed by atoms with Gasteiger partial charge in [-0.3, -0.25) is 0 Å². The van der Waals surface area contributed by atoms with Crippen molar-refractivity contribution in [2.24, 2.45) is 0 Å². The second-order valence-electron chi connectivity index (χ2n) is 12.9. The van der Waals surface area contributed by atoms with Gasteiger partial charge in [-0.25, -0.2) is 4.79 Å². The van der Waals surface area contributed by atoms with Gasteiger partial charge in [0.25, 0.3) is 0 Å². The van der Waals surface area contributed by atoms with Crippen LogP contribution in [0, 0.1) is 0 Å². The maximum atomic E-state index is 15.2. The van der Waals surface area contributed by atoms with Crippen molar-refractivity contribution >= 4 is 16.0 Å². The molecule has 0 bridgehead atoms. The third-order valence-electron chi connectivity index (χ3n) is 9.21. The van der Waals surface area contributed by atoms with Crippen molar-refractivity contribution in [1.29, 1.82) is 0 Å². The van der Waals surface area contributed by atoms with Crippen LogP contribution in [-0.2, 0) is 9.53 Å². The van der Waals surface area contributed by atoms with Crippen LogP contribution in [0.5, 0.6) is 23.0 Å². The molecule has 0 radical (unpaired) electrons. The molecule has 2 N–H and O–H groups in total. The third-order valence-corrected chi connectivity index (χ3v) is 12.8. The summed E-state index contributed by atoms with van der Waals surface area (Å²) in [4.78, 5) is 13.0. The summed E-state index contributed by atoms with van der Waals surface area (Å²) in [5, 5.41) is 19.6. The van der Waals surface area contributed by atoms with Gasteiger partial charge in [-0.15, -0.1) is 0 Å². The van der Waals surface area contributed by atoms with Gasteiger partial charge in [-0.2, -0.15) is 13.2 Å². The summed E-state index contributed by atoms with van der Waals surface area (Å²) in [6.45, 7) is -0.435. The van der Waals surface area contributed by atoms with E-state index in [1.807, 2.05) is 54.6 Å². The average Bonchev–Trinajstić information content (AvgIpc) is 3.23. The van der Waals surface area contributed by atoms with Gasteiger partial charge in [0.1, 0.15) is 36.2 Å². The van der Waals surface area contributed by atoms with E-state index in [0.29, 0.717) is 11.5 Å². The first-order valence-electron chi connectivity index (χ1n) is 18.0. The Labute approximate surface area is 329 Å². The predicted octanol–water partition coefficient (Wildman–Crippen LogP) is 11.9. The fourth-order valence-electron chi connectivity index (χ4n) is 6.48. The van der Waals surface area contributed by atoms with E-state index in [9.17, 15) is 15.0 Å². The van der Waals surface area contributed by atoms with Crippen molar-refractivity contribution in [1.82, 2.24) is 0 Å². The molecule has 0 aliphatic carbocycles. The van der Waals surface area contributed by atoms with Crippen molar-refractivity contribution in [3.8, 4) is 56.4 Å². The van der Waals surface area contributed by atoms with Crippen molar-refractivity contribution in [3.05, 3.63) is 176 Å². The van der Waals surface area contributed by atoms with E-state index in [4.69, 9.17) is 14.2 Å². The molecule has 0 saturated carbocycles. The molecule has 288 valence electrons. The lowest BCUT2D eigenvalue weighted by atomic mass is 9.93. The summed E-state index contributed by atoms with van der Waals surface area (Å²) >= 11 is 0. The second kappa shape index (κ2) is 17.0. The molecule has 0 aliphatic heterocycles. The largest absolute Gasteiger partial charge is 0.508 e. The first-order valence-corrected chi connectivity index (χ1v) is 19.6. The molecule has 0 amide bonds. The van der Waals surface area contributed by atoms with Gasteiger partial charge in [0.15, 0.2) is 6.61 Å². The number of alkyl halides is 3. The highest BCUT2D eigenvalue weighted by Crippen LogP contribution is 2.77. The Bertz CT molecular complexity index is 2300. The van der Waals surface area contributed by atoms with Crippen molar-refractivity contribution in [2.45, 2.75) is 20.2 Å². The molecule has 7 aromatic rings. The summed E-state index contributed by atoms with van der Waals surface area (Å²) in [5.41, 5.74) is 0.987. The van der Waals surface area contributed by atoms with Crippen LogP contribution < -0.4 is 9.47 Å². The Morgan fingerprint density at radius 3 is 1.30 bits per heavy atom. The monoisotopic (exact) mass is 786 g/mol. The number of hydrogen-bond donors (Lipinski definition) is 2. The van der Waals surface area contributed by atoms with Gasteiger partial charge in [0.2, 0.25) is 0 Å². The highest BCUT2D eigenvalue weighted by Gasteiger charge is 2.53. The number of phenolic OH excluding ortho intramolecular Hbond substituents is 2. The fraction of sp³-hybridized carbons (Fsp3) is 0.0851. The molecule has 0 aliphatic rings. The van der Waals surface area contributed by atoms with Crippen LogP contribution in [-0.4, -0.2) is 41.5 Å². The standard InChI is InChI=1S/C47H37F3O6S/c48-47(49,50)57(43-7-3-1-4-8-43,44-9-5-2-6-10-44)45-25-23-41(24-26-45)54-27-28-55-46(53)32-56-42-21-15-35(16-22-42)38-30-36(33-11-17-39(51)18-12-33)29-37(31-38)34-13-19-40(52)20-14-34/h1-26,29-31,51-52H,27-28,32H2. The maximum absolute atomic E-state index is 15.2. The Morgan fingerprint density at radius 2 is 0.860 bits per heavy atom. The van der Waals surface area contributed by atoms with Crippen LogP contribution in [0.25, 0.3) is 33.4 Å². The van der Waals surface area contributed by atoms with E-state index in [2.05, 4.69) is 0 Å². The minimum Gasteiger partial charge on any atom is -0.508 e. The lowest BCUT2D eigenvalue weighted by molar-refractivity contribution is -0.146. The number of rotatable bonds is 13. The molecular weight excluding hydrogens is 750 g/mol. The molecule has 10 heteroatoms. The quantitative estimate of drug-likeness (QED) is 0.0894. The minimum atomic E-state index is -4.57. The zero-order valence-electron chi connectivity index (χ0n) is 30.4. The van der Waals surface area contributed by atoms with Gasteiger partial charge in [-0.1, -0.05) is 82.8 Å². The van der Waals surface area contributed by atoms with Crippen LogP contribution in [0.1, 0.15) is 0 Å². The number of aromatic hydroxyl groups is 2. The first-order chi connectivity index (χ1) is 27.6. The summed E-state index contributed by atoms with van der Waals surface area (Å²) in [6.07, 6.45) is 0. The van der Waals surface area contributed by atoms with Gasteiger partial charge >= 0.3 is 11.5 Å². The highest BCUT2D eigenvalue weighted by molar-refractivity contribution is 8.34. The van der Waals surface area contributed by atoms with Gasteiger partial charge in [0.05, 0.1) is 0 Å². The topological polar surface area (TPSA) is 85.2 Å². The summed E-state index contributed by atoms with van der Waals surface area (Å²) in [7, 11) is -3.63. The van der Waals surface area contributed by atoms with Gasteiger partial charge in [0, 0.05) is 14.7 Å². The molecule has 6 nitrogen and oxygen atoms in total. The summed E-state index contributed by atoms with van der Waals surface area (Å²) < 4.78 is 62.3. The average molecular weight is 787 g/mol. The Kier molecular flexibility index (Phi) is 11.5. The maximum Gasteiger partial charge on any atom is 0.437 e. The van der Waals surface area contributed by atoms with Crippen molar-refractivity contribution in [3.63, 3.8) is 0 Å². The molecule has 7 aromatic carbocycles. The van der Waals surface area contributed by atoms with E-state index in [-0.39, 0.29) is 46.0 Å². The zero-order valence-corrected chi connectivity index (χ0v) is 31.3. The van der Waals surface area contributed by atoms with Crippen molar-refractivity contribution < 1.29 is 42.4 Å². The molecule has 0 spiro atoms. The molecule has 0 unspecified atom stereocenters. The molecule has 0 aromatic heterocycles. The number of benzene rings is 7. The van der Waals surface area contributed by atoms with Crippen molar-refractivity contribution in [2.75, 3.05) is 19.8 Å². The predicted molar refractivity (Wildman–Crippen MR) is 216 cm³/mol. The molecule has 0 saturated heterocycles. The molecule has 7 rings (SSSR count). The molecule has 0 heterocycles. The van der Waals surface area contributed by atoms with Crippen LogP contribution in [0.15, 0.2) is 191 Å². The van der Waals surface area contributed by atoms with Crippen LogP contribution in [0.2, 0.25) is 0 Å². The first kappa shape index (κ1) is 38.6. The highest BCUT2D eigenvalue weighted by atomic mass is 32.3. The number of carbonyl (C=O) groups is 1. The second-order valence-corrected chi connectivity index (χ2v) is 16.0. The normalized spacial score (nSPS) is 11.8. The zero-order chi connectivity index (χ0) is 39.8. The van der Waals surface area contributed by atoms with Crippen LogP contribution in [0.4, 0.5) is 13.2 Å². The molecule has 57 heavy (non-hydrogen) atoms. The van der Waals surface area contributed by atoms with E-state index < -0.39 is 21.5 Å². The van der Waals surface area contributed by atoms with E-state index in [1.165, 1.54) is 48.5 Å². The fourth-order valence-corrected chi connectivity index (χ4v) is 9.77. The smallest absolute Gasteiger partial charge is 0.437 e. The molecular formula is C47H37F3O6S. The van der Waals surface area contributed by atoms with Gasteiger partial charge in [-0.05, 0) is 137 Å². The Hall–Kier alpha value is -6.65. The Morgan fingerprint density at radius 1 is 0.474 bits per heavy atom. The van der Waals surface area contributed by atoms with Gasteiger partial charge < -0.3 is 24.4 Å². The van der Waals surface area contributed by atoms with Crippen LogP contribution >= 0.6 is 10.0 Å². The number of carbonyl (C=O) groups excluding carboxylic acids is 1. The minimum absolute atomic E-state index is 0.0102. The van der Waals surface area contributed by atoms with E-state index in [1.54, 1.807) is 72.8 Å². The number of hydrogen-bond acceptors (Lipinski definition) is 6. The van der Waals surface area contributed by atoms with E-state index in [0.717, 1.165) is 33.4 Å². The number of esters is 1. The molecule has 0 atom stereocenters. The summed E-state index contributed by atoms with van der Waals surface area (Å²) in [5.74, 6) is 0.541. The number of ether oxygens (including phenoxy) is 3. The van der Waals surface area contributed by atoms with E-state index >= 15 is 13.2 Å². The van der Waals surface area contributed by atoms with Crippen LogP contribution in [0.3, 0.4) is 0 Å². The lowest BCUT2D eigenvalue weighted by Gasteiger charge is -2.42. The third kappa shape index (κ3) is 8.77. The number of halogens is 3. The SMILES string of the molecule is O=C(COc1ccc(-c2cc(-c3ccc(O)cc3)cc(-c3ccc(O)cc3)c2)cc1)OCCOc1ccc(S(c2ccccc2)(c2ccccc2)C(F)(F)F)cc1. The summed E-state index contributed by atoms with van der Waals surface area (Å²) in [6, 6.07) is 49.2. The lowest BCUT2D eigenvalue weighted by Crippen LogP contribution is -2.22. The molecule has 0 fully saturated rings. The Balaban J connectivity index is 0.956. The number of phenols is 2.